The second-order valence-electron chi connectivity index (χ2n) is 11.6. The van der Waals surface area contributed by atoms with E-state index in [1.165, 1.54) is 17.7 Å². The highest BCUT2D eigenvalue weighted by molar-refractivity contribution is 6.07. The van der Waals surface area contributed by atoms with Gasteiger partial charge < -0.3 is 10.2 Å². The van der Waals surface area contributed by atoms with Gasteiger partial charge in [-0.05, 0) is 73.1 Å². The van der Waals surface area contributed by atoms with E-state index in [1.54, 1.807) is 29.3 Å². The topological polar surface area (TPSA) is 48.5 Å². The monoisotopic (exact) mass is 592 g/mol. The van der Waals surface area contributed by atoms with E-state index in [1.807, 2.05) is 43.4 Å². The van der Waals surface area contributed by atoms with Gasteiger partial charge in [-0.15, -0.1) is 0 Å². The molecule has 0 spiro atoms. The van der Waals surface area contributed by atoms with Gasteiger partial charge in [0.05, 0.1) is 6.54 Å². The number of piperidine rings is 1. The third-order valence-electron chi connectivity index (χ3n) is 7.92. The molecule has 1 saturated heterocycles. The molecule has 2 heterocycles. The van der Waals surface area contributed by atoms with Gasteiger partial charge in [0.25, 0.3) is 5.91 Å². The smallest absolute Gasteiger partial charge is 0.258 e. The number of hydrogen-bond acceptors (Lipinski definition) is 4. The largest absolute Gasteiger partial charge is 0.367 e. The molecule has 0 radical (unpaired) electrons. The molecule has 0 atom stereocenters. The molecule has 0 saturated carbocycles. The summed E-state index contributed by atoms with van der Waals surface area (Å²) in [5, 5.41) is 3.62. The van der Waals surface area contributed by atoms with Gasteiger partial charge in [0.15, 0.2) is 0 Å². The number of likely N-dealkylation sites (tertiary alicyclic amines) is 1. The quantitative estimate of drug-likeness (QED) is 0.199. The molecule has 1 aromatic heterocycles. The first kappa shape index (κ1) is 32.6. The summed E-state index contributed by atoms with van der Waals surface area (Å²) < 4.78 is 13.7. The van der Waals surface area contributed by atoms with Crippen LogP contribution in [-0.4, -0.2) is 41.5 Å². The summed E-state index contributed by atoms with van der Waals surface area (Å²) in [6.07, 6.45) is 25.1. The summed E-state index contributed by atoms with van der Waals surface area (Å²) >= 11 is 0. The zero-order chi connectivity index (χ0) is 31.3. The van der Waals surface area contributed by atoms with E-state index in [0.717, 1.165) is 61.5 Å². The lowest BCUT2D eigenvalue weighted by molar-refractivity contribution is -0.115. The Morgan fingerprint density at radius 1 is 1.18 bits per heavy atom. The van der Waals surface area contributed by atoms with Crippen molar-refractivity contribution in [1.82, 2.24) is 9.88 Å². The molecule has 0 unspecified atom stereocenters. The molecule has 2 aliphatic rings. The summed E-state index contributed by atoms with van der Waals surface area (Å²) in [5.41, 5.74) is 4.52. The standard InChI is InChI=1S/C38H45FN4O/c1-5-7-14-33(29(3)4)25-32(6-2)38(44)43(28-31-15-17-34(39)18-16-31)36-19-22-40-37(26-36)41-35-20-23-42(24-21-35)27-30-12-10-8-9-11-13-30/h5-8,10-19,22,25-26,29,35H,1,9,20-21,23-24,27-28H2,2-4H3,(H,40,41)/b14-7-,32-6+,33-25-. The molecule has 2 aromatic rings. The summed E-state index contributed by atoms with van der Waals surface area (Å²) in [7, 11) is 0. The van der Waals surface area contributed by atoms with Crippen molar-refractivity contribution < 1.29 is 9.18 Å². The second kappa shape index (κ2) is 16.5. The molecule has 5 nitrogen and oxygen atoms in total. The van der Waals surface area contributed by atoms with Crippen LogP contribution in [0.15, 0.2) is 127 Å². The van der Waals surface area contributed by atoms with E-state index in [-0.39, 0.29) is 17.6 Å². The number of benzene rings is 1. The van der Waals surface area contributed by atoms with Crippen molar-refractivity contribution >= 4 is 17.4 Å². The number of carbonyl (C=O) groups is 1. The minimum Gasteiger partial charge on any atom is -0.367 e. The highest BCUT2D eigenvalue weighted by Gasteiger charge is 2.23. The summed E-state index contributed by atoms with van der Waals surface area (Å²) in [6.45, 7) is 13.1. The maximum Gasteiger partial charge on any atom is 0.258 e. The van der Waals surface area contributed by atoms with Crippen LogP contribution in [0, 0.1) is 11.7 Å². The fourth-order valence-corrected chi connectivity index (χ4v) is 5.34. The first-order chi connectivity index (χ1) is 21.4. The van der Waals surface area contributed by atoms with Gasteiger partial charge in [-0.1, -0.05) is 87.2 Å². The molecular weight excluding hydrogens is 547 g/mol. The van der Waals surface area contributed by atoms with Crippen LogP contribution in [0.1, 0.15) is 45.6 Å². The zero-order valence-electron chi connectivity index (χ0n) is 26.3. The number of hydrogen-bond donors (Lipinski definition) is 1. The Labute approximate surface area is 262 Å². The van der Waals surface area contributed by atoms with Gasteiger partial charge >= 0.3 is 0 Å². The van der Waals surface area contributed by atoms with E-state index >= 15 is 0 Å². The summed E-state index contributed by atoms with van der Waals surface area (Å²) in [5.74, 6) is 0.524. The Kier molecular flexibility index (Phi) is 12.3. The van der Waals surface area contributed by atoms with Crippen LogP contribution in [0.4, 0.5) is 15.9 Å². The summed E-state index contributed by atoms with van der Waals surface area (Å²) in [4.78, 5) is 23.0. The third kappa shape index (κ3) is 9.61. The molecule has 1 aliphatic heterocycles. The third-order valence-corrected chi connectivity index (χ3v) is 7.92. The van der Waals surface area contributed by atoms with Gasteiger partial charge in [0.2, 0.25) is 0 Å². The first-order valence-corrected chi connectivity index (χ1v) is 15.6. The Morgan fingerprint density at radius 2 is 1.95 bits per heavy atom. The number of anilines is 2. The van der Waals surface area contributed by atoms with Crippen LogP contribution in [0.25, 0.3) is 0 Å². The average Bonchev–Trinajstić information content (AvgIpc) is 3.30. The SMILES string of the molecule is C=C\C=C/C(=C/C(=C\C)C(=O)N(Cc1ccc(F)cc1)c1ccnc(NC2CCN(CC3=CC=CCC=C3)CC2)c1)C(C)C. The lowest BCUT2D eigenvalue weighted by Gasteiger charge is -2.33. The average molecular weight is 593 g/mol. The van der Waals surface area contributed by atoms with Gasteiger partial charge in [0, 0.05) is 49.2 Å². The number of amides is 1. The predicted molar refractivity (Wildman–Crippen MR) is 182 cm³/mol. The van der Waals surface area contributed by atoms with Crippen molar-refractivity contribution in [2.45, 2.75) is 52.6 Å². The first-order valence-electron chi connectivity index (χ1n) is 15.6. The van der Waals surface area contributed by atoms with E-state index in [0.29, 0.717) is 18.2 Å². The number of nitrogens with zero attached hydrogens (tertiary/aromatic N) is 3. The Hall–Kier alpha value is -4.29. The van der Waals surface area contributed by atoms with Crippen molar-refractivity contribution in [1.29, 1.82) is 0 Å². The van der Waals surface area contributed by atoms with E-state index < -0.39 is 0 Å². The number of allylic oxidation sites excluding steroid dienone is 9. The Balaban J connectivity index is 1.52. The highest BCUT2D eigenvalue weighted by Crippen LogP contribution is 2.26. The van der Waals surface area contributed by atoms with Crippen LogP contribution in [-0.2, 0) is 11.3 Å². The predicted octanol–water partition coefficient (Wildman–Crippen LogP) is 8.34. The number of pyridine rings is 1. The molecule has 1 N–H and O–H groups in total. The molecular formula is C38H45FN4O. The van der Waals surface area contributed by atoms with Crippen molar-refractivity contribution in [2.24, 2.45) is 5.92 Å². The maximum absolute atomic E-state index is 14.1. The Bertz CT molecular complexity index is 1450. The van der Waals surface area contributed by atoms with Crippen LogP contribution >= 0.6 is 0 Å². The van der Waals surface area contributed by atoms with Gasteiger partial charge in [0.1, 0.15) is 11.6 Å². The van der Waals surface area contributed by atoms with Gasteiger partial charge in [-0.25, -0.2) is 9.37 Å². The summed E-state index contributed by atoms with van der Waals surface area (Å²) in [6, 6.07) is 10.4. The maximum atomic E-state index is 14.1. The molecule has 4 rings (SSSR count). The number of halogens is 1. The van der Waals surface area contributed by atoms with Crippen molar-refractivity contribution in [3.8, 4) is 0 Å². The van der Waals surface area contributed by atoms with Gasteiger partial charge in [-0.2, -0.15) is 0 Å². The Morgan fingerprint density at radius 3 is 2.66 bits per heavy atom. The molecule has 1 fully saturated rings. The highest BCUT2D eigenvalue weighted by atomic mass is 19.1. The van der Waals surface area contributed by atoms with E-state index in [2.05, 4.69) is 66.0 Å². The van der Waals surface area contributed by atoms with Crippen molar-refractivity contribution in [3.05, 3.63) is 138 Å². The number of carbonyl (C=O) groups excluding carboxylic acids is 1. The van der Waals surface area contributed by atoms with E-state index in [9.17, 15) is 9.18 Å². The van der Waals surface area contributed by atoms with Gasteiger partial charge in [-0.3, -0.25) is 9.69 Å². The number of aromatic nitrogens is 1. The number of nitrogens with one attached hydrogen (secondary N) is 1. The molecule has 230 valence electrons. The molecule has 1 aromatic carbocycles. The van der Waals surface area contributed by atoms with Crippen molar-refractivity contribution in [2.75, 3.05) is 29.9 Å². The molecule has 44 heavy (non-hydrogen) atoms. The minimum absolute atomic E-state index is 0.135. The number of rotatable bonds is 12. The van der Waals surface area contributed by atoms with Crippen molar-refractivity contribution in [3.63, 3.8) is 0 Å². The fourth-order valence-electron chi connectivity index (χ4n) is 5.34. The molecule has 0 bridgehead atoms. The zero-order valence-corrected chi connectivity index (χ0v) is 26.3. The molecule has 1 amide bonds. The van der Waals surface area contributed by atoms with Crippen LogP contribution < -0.4 is 10.2 Å². The van der Waals surface area contributed by atoms with Crippen LogP contribution in [0.2, 0.25) is 0 Å². The fraction of sp³-hybridized carbons (Fsp3) is 0.316. The van der Waals surface area contributed by atoms with E-state index in [4.69, 9.17) is 0 Å². The minimum atomic E-state index is -0.306. The molecule has 1 aliphatic carbocycles. The lowest BCUT2D eigenvalue weighted by atomic mass is 9.99. The lowest BCUT2D eigenvalue weighted by Crippen LogP contribution is -2.40. The van der Waals surface area contributed by atoms with Crippen LogP contribution in [0.3, 0.4) is 0 Å². The molecule has 6 heteroatoms. The van der Waals surface area contributed by atoms with Crippen LogP contribution in [0.5, 0.6) is 0 Å². The second-order valence-corrected chi connectivity index (χ2v) is 11.6. The normalized spacial score (nSPS) is 16.7.